The summed E-state index contributed by atoms with van der Waals surface area (Å²) in [5.74, 6) is -2.42. The van der Waals surface area contributed by atoms with Crippen LogP contribution in [-0.2, 0) is 19.1 Å². The second-order valence-electron chi connectivity index (χ2n) is 8.43. The highest BCUT2D eigenvalue weighted by molar-refractivity contribution is 6.15. The Balaban J connectivity index is 2.13. The topological polar surface area (TPSA) is 80.8 Å². The van der Waals surface area contributed by atoms with Crippen molar-refractivity contribution in [1.82, 2.24) is 4.90 Å². The van der Waals surface area contributed by atoms with Gasteiger partial charge in [-0.3, -0.25) is 14.4 Å². The minimum Gasteiger partial charge on any atom is -0.442 e. The molecular weight excluding hydrogens is 322 g/mol. The number of hydrogen-bond acceptors (Lipinski definition) is 5. The number of hydrogen-bond donors (Lipinski definition) is 0. The average Bonchev–Trinajstić information content (AvgIpc) is 2.71. The predicted molar refractivity (Wildman–Crippen MR) is 91.6 cm³/mol. The molecule has 0 N–H and O–H groups in total. The van der Waals surface area contributed by atoms with Gasteiger partial charge in [-0.2, -0.15) is 4.90 Å². The predicted octanol–water partition coefficient (Wildman–Crippen LogP) is 3.47. The lowest BCUT2D eigenvalue weighted by Crippen LogP contribution is -2.44. The Morgan fingerprint density at radius 1 is 1.16 bits per heavy atom. The third-order valence-corrected chi connectivity index (χ3v) is 5.86. The van der Waals surface area contributed by atoms with Crippen LogP contribution in [0.15, 0.2) is 0 Å². The maximum atomic E-state index is 12.7. The Morgan fingerprint density at radius 3 is 2.24 bits per heavy atom. The molecular formula is C19H29NO5. The van der Waals surface area contributed by atoms with Crippen LogP contribution in [0.3, 0.4) is 0 Å². The summed E-state index contributed by atoms with van der Waals surface area (Å²) in [4.78, 5) is 50.1. The molecule has 0 aromatic carbocycles. The van der Waals surface area contributed by atoms with Gasteiger partial charge >= 0.3 is 6.09 Å². The zero-order chi connectivity index (χ0) is 19.0. The molecule has 2 fully saturated rings. The molecule has 2 rings (SSSR count). The molecule has 1 aliphatic heterocycles. The monoisotopic (exact) mass is 351 g/mol. The number of amides is 3. The van der Waals surface area contributed by atoms with Crippen molar-refractivity contribution in [1.29, 1.82) is 0 Å². The molecule has 25 heavy (non-hydrogen) atoms. The van der Waals surface area contributed by atoms with E-state index in [4.69, 9.17) is 4.74 Å². The van der Waals surface area contributed by atoms with Gasteiger partial charge in [0.1, 0.15) is 11.4 Å². The first kappa shape index (κ1) is 19.6. The fourth-order valence-electron chi connectivity index (χ4n) is 3.66. The summed E-state index contributed by atoms with van der Waals surface area (Å²) >= 11 is 0. The van der Waals surface area contributed by atoms with E-state index in [1.54, 1.807) is 20.8 Å². The van der Waals surface area contributed by atoms with E-state index in [9.17, 15) is 19.2 Å². The summed E-state index contributed by atoms with van der Waals surface area (Å²) in [5.41, 5.74) is -1.33. The molecule has 2 aliphatic rings. The van der Waals surface area contributed by atoms with E-state index in [2.05, 4.69) is 0 Å². The Morgan fingerprint density at radius 2 is 1.72 bits per heavy atom. The minimum absolute atomic E-state index is 0.0457. The maximum Gasteiger partial charge on any atom is 0.424 e. The third kappa shape index (κ3) is 3.93. The first-order valence-electron chi connectivity index (χ1n) is 9.10. The molecule has 3 amide bonds. The van der Waals surface area contributed by atoms with Gasteiger partial charge in [-0.25, -0.2) is 4.79 Å². The summed E-state index contributed by atoms with van der Waals surface area (Å²) in [5, 5.41) is 0. The van der Waals surface area contributed by atoms with Crippen LogP contribution in [0.5, 0.6) is 0 Å². The zero-order valence-corrected chi connectivity index (χ0v) is 15.9. The molecule has 6 heteroatoms. The Hall–Kier alpha value is -1.72. The van der Waals surface area contributed by atoms with E-state index >= 15 is 0 Å². The number of ketones is 1. The highest BCUT2D eigenvalue weighted by Crippen LogP contribution is 2.38. The smallest absolute Gasteiger partial charge is 0.424 e. The molecule has 0 aromatic heterocycles. The number of rotatable bonds is 4. The fraction of sp³-hybridized carbons (Fsp3) is 0.789. The van der Waals surface area contributed by atoms with Crippen LogP contribution in [0.2, 0.25) is 0 Å². The highest BCUT2D eigenvalue weighted by atomic mass is 16.6. The summed E-state index contributed by atoms with van der Waals surface area (Å²) in [6.07, 6.45) is 3.91. The van der Waals surface area contributed by atoms with Crippen molar-refractivity contribution in [2.75, 3.05) is 0 Å². The molecule has 0 aromatic rings. The van der Waals surface area contributed by atoms with E-state index in [0.29, 0.717) is 4.90 Å². The van der Waals surface area contributed by atoms with Crippen molar-refractivity contribution >= 4 is 23.7 Å². The molecule has 1 saturated carbocycles. The fourth-order valence-corrected chi connectivity index (χ4v) is 3.66. The van der Waals surface area contributed by atoms with Crippen LogP contribution in [0.1, 0.15) is 73.1 Å². The van der Waals surface area contributed by atoms with Crippen LogP contribution in [0.25, 0.3) is 0 Å². The van der Waals surface area contributed by atoms with Gasteiger partial charge in [0.05, 0.1) is 5.92 Å². The summed E-state index contributed by atoms with van der Waals surface area (Å²) in [6.45, 7) is 8.47. The number of ether oxygens (including phenoxy) is 1. The van der Waals surface area contributed by atoms with Crippen molar-refractivity contribution in [2.24, 2.45) is 17.3 Å². The average molecular weight is 351 g/mol. The van der Waals surface area contributed by atoms with Gasteiger partial charge < -0.3 is 4.74 Å². The molecule has 2 unspecified atom stereocenters. The number of Topliss-reactive ketones (excluding diaryl/α,β-unsaturated/α-hetero) is 1. The largest absolute Gasteiger partial charge is 0.442 e. The number of nitrogens with zero attached hydrogens (tertiary/aromatic N) is 1. The third-order valence-electron chi connectivity index (χ3n) is 5.86. The van der Waals surface area contributed by atoms with Gasteiger partial charge in [-0.15, -0.1) is 0 Å². The van der Waals surface area contributed by atoms with Crippen molar-refractivity contribution in [3.8, 4) is 0 Å². The molecule has 2 atom stereocenters. The first-order chi connectivity index (χ1) is 11.5. The lowest BCUT2D eigenvalue weighted by molar-refractivity contribution is -0.139. The van der Waals surface area contributed by atoms with Crippen LogP contribution in [0, 0.1) is 17.3 Å². The maximum absolute atomic E-state index is 12.7. The van der Waals surface area contributed by atoms with Gasteiger partial charge in [0.25, 0.3) is 0 Å². The molecule has 6 nitrogen and oxygen atoms in total. The van der Waals surface area contributed by atoms with Crippen molar-refractivity contribution in [3.05, 3.63) is 0 Å². The van der Waals surface area contributed by atoms with Crippen molar-refractivity contribution in [3.63, 3.8) is 0 Å². The molecule has 1 aliphatic carbocycles. The van der Waals surface area contributed by atoms with E-state index in [1.165, 1.54) is 6.92 Å². The molecule has 0 bridgehead atoms. The van der Waals surface area contributed by atoms with Crippen molar-refractivity contribution < 1.29 is 23.9 Å². The quantitative estimate of drug-likeness (QED) is 0.724. The summed E-state index contributed by atoms with van der Waals surface area (Å²) in [7, 11) is 0. The molecule has 0 radical (unpaired) electrons. The molecule has 140 valence electrons. The number of imide groups is 3. The van der Waals surface area contributed by atoms with Crippen LogP contribution >= 0.6 is 0 Å². The number of carbonyl (C=O) groups excluding carboxylic acids is 4. The van der Waals surface area contributed by atoms with Gasteiger partial charge in [0.2, 0.25) is 11.8 Å². The lowest BCUT2D eigenvalue weighted by Gasteiger charge is -2.34. The van der Waals surface area contributed by atoms with Gasteiger partial charge in [-0.1, -0.05) is 27.2 Å². The van der Waals surface area contributed by atoms with E-state index in [1.807, 2.05) is 6.92 Å². The Kier molecular flexibility index (Phi) is 5.40. The Labute approximate surface area is 149 Å². The van der Waals surface area contributed by atoms with Gasteiger partial charge in [0.15, 0.2) is 0 Å². The van der Waals surface area contributed by atoms with Gasteiger partial charge in [-0.05, 0) is 46.0 Å². The SMILES string of the molecule is CC(=O)C(C)(C)CC1C(=O)N(C(=O)OC2(C)CCCCC2)C(=O)C1C. The Bertz CT molecular complexity index is 589. The second-order valence-corrected chi connectivity index (χ2v) is 8.43. The number of likely N-dealkylation sites (tertiary alicyclic amines) is 1. The first-order valence-corrected chi connectivity index (χ1v) is 9.10. The van der Waals surface area contributed by atoms with Crippen LogP contribution in [-0.4, -0.2) is 34.2 Å². The van der Waals surface area contributed by atoms with Crippen LogP contribution in [0.4, 0.5) is 4.79 Å². The zero-order valence-electron chi connectivity index (χ0n) is 15.9. The normalized spacial score (nSPS) is 26.7. The molecule has 1 heterocycles. The minimum atomic E-state index is -0.866. The highest BCUT2D eigenvalue weighted by Gasteiger charge is 2.51. The van der Waals surface area contributed by atoms with Gasteiger partial charge in [0, 0.05) is 11.3 Å². The number of carbonyl (C=O) groups is 4. The van der Waals surface area contributed by atoms with Crippen LogP contribution < -0.4 is 0 Å². The molecule has 1 saturated heterocycles. The molecule has 0 spiro atoms. The van der Waals surface area contributed by atoms with E-state index in [0.717, 1.165) is 32.1 Å². The standard InChI is InChI=1S/C19H29NO5/c1-12-14(11-18(3,4)13(2)21)16(23)20(15(12)22)17(24)25-19(5)9-7-6-8-10-19/h12,14H,6-11H2,1-5H3. The summed E-state index contributed by atoms with van der Waals surface area (Å²) in [6, 6.07) is 0. The lowest BCUT2D eigenvalue weighted by atomic mass is 9.76. The second kappa shape index (κ2) is 6.89. The van der Waals surface area contributed by atoms with Crippen molar-refractivity contribution in [2.45, 2.75) is 78.7 Å². The van der Waals surface area contributed by atoms with E-state index < -0.39 is 40.8 Å². The van der Waals surface area contributed by atoms with E-state index in [-0.39, 0.29) is 12.2 Å². The summed E-state index contributed by atoms with van der Waals surface area (Å²) < 4.78 is 5.56.